The van der Waals surface area contributed by atoms with Gasteiger partial charge in [0.05, 0.1) is 23.2 Å². The molecule has 1 aliphatic rings. The monoisotopic (exact) mass is 560 g/mol. The number of amides is 1. The largest absolute Gasteiger partial charge is 0.418 e. The van der Waals surface area contributed by atoms with Crippen molar-refractivity contribution in [1.29, 1.82) is 5.26 Å². The van der Waals surface area contributed by atoms with Crippen LogP contribution in [0.15, 0.2) is 78.9 Å². The zero-order chi connectivity index (χ0) is 29.1. The zero-order valence-corrected chi connectivity index (χ0v) is 22.3. The van der Waals surface area contributed by atoms with E-state index in [1.807, 2.05) is 12.1 Å². The van der Waals surface area contributed by atoms with Gasteiger partial charge in [-0.1, -0.05) is 43.3 Å². The molecule has 9 heteroatoms. The zero-order valence-electron chi connectivity index (χ0n) is 22.3. The number of hydrogen-bond acceptors (Lipinski definition) is 3. The third-order valence-electron chi connectivity index (χ3n) is 7.21. The van der Waals surface area contributed by atoms with Gasteiger partial charge in [-0.2, -0.15) is 18.4 Å². The predicted octanol–water partition coefficient (Wildman–Crippen LogP) is 7.41. The van der Waals surface area contributed by atoms with Crippen LogP contribution in [0.2, 0.25) is 0 Å². The number of anilines is 1. The van der Waals surface area contributed by atoms with Crippen molar-refractivity contribution in [3.8, 4) is 11.8 Å². The number of aromatic nitrogens is 1. The summed E-state index contributed by atoms with van der Waals surface area (Å²) in [5, 5.41) is 15.5. The minimum Gasteiger partial charge on any atom is -0.321 e. The lowest BCUT2D eigenvalue weighted by Gasteiger charge is -2.21. The van der Waals surface area contributed by atoms with Crippen molar-refractivity contribution in [3.63, 3.8) is 0 Å². The van der Waals surface area contributed by atoms with Crippen LogP contribution in [0.3, 0.4) is 0 Å². The summed E-state index contributed by atoms with van der Waals surface area (Å²) in [4.78, 5) is 13.6. The fraction of sp³-hybridized carbons (Fsp3) is 0.250. The van der Waals surface area contributed by atoms with Gasteiger partial charge >= 0.3 is 6.18 Å². The quantitative estimate of drug-likeness (QED) is 0.210. The van der Waals surface area contributed by atoms with E-state index >= 15 is 0 Å². The van der Waals surface area contributed by atoms with Crippen molar-refractivity contribution in [1.82, 2.24) is 9.88 Å². The van der Waals surface area contributed by atoms with Crippen LogP contribution in [-0.4, -0.2) is 17.0 Å². The minimum absolute atomic E-state index is 0.00533. The van der Waals surface area contributed by atoms with E-state index in [1.54, 1.807) is 55.5 Å². The summed E-state index contributed by atoms with van der Waals surface area (Å²) in [5.74, 6) is -0.572. The minimum atomic E-state index is -4.68. The highest BCUT2D eigenvalue weighted by atomic mass is 19.4. The summed E-state index contributed by atoms with van der Waals surface area (Å²) in [6.45, 7) is 2.29. The van der Waals surface area contributed by atoms with E-state index in [2.05, 4.69) is 10.6 Å². The Hall–Kier alpha value is -4.42. The molecular weight excluding hydrogens is 532 g/mol. The van der Waals surface area contributed by atoms with Crippen LogP contribution >= 0.6 is 0 Å². The Bertz CT molecular complexity index is 1610. The lowest BCUT2D eigenvalue weighted by Crippen LogP contribution is -2.25. The molecule has 4 aromatic rings. The van der Waals surface area contributed by atoms with Crippen LogP contribution in [0.1, 0.15) is 64.2 Å². The van der Waals surface area contributed by atoms with Gasteiger partial charge in [0.25, 0.3) is 5.91 Å². The van der Waals surface area contributed by atoms with Gasteiger partial charge < -0.3 is 15.2 Å². The summed E-state index contributed by atoms with van der Waals surface area (Å²) in [5.41, 5.74) is 0.837. The summed E-state index contributed by atoms with van der Waals surface area (Å²) < 4.78 is 58.1. The molecule has 41 heavy (non-hydrogen) atoms. The molecule has 2 N–H and O–H groups in total. The molecule has 1 amide bonds. The number of nitriles is 1. The summed E-state index contributed by atoms with van der Waals surface area (Å²) in [7, 11) is 0. The second-order valence-electron chi connectivity index (χ2n) is 10.1. The number of nitrogens with zero attached hydrogens (tertiary/aromatic N) is 2. The van der Waals surface area contributed by atoms with Crippen molar-refractivity contribution in [2.75, 3.05) is 11.9 Å². The first-order valence-electron chi connectivity index (χ1n) is 13.4. The molecular formula is C32H28F4N4O. The molecule has 1 saturated carbocycles. The fourth-order valence-corrected chi connectivity index (χ4v) is 5.04. The normalized spacial score (nSPS) is 14.0. The van der Waals surface area contributed by atoms with E-state index in [-0.39, 0.29) is 34.9 Å². The summed E-state index contributed by atoms with van der Waals surface area (Å²) >= 11 is 0. The molecule has 1 fully saturated rings. The van der Waals surface area contributed by atoms with Crippen molar-refractivity contribution >= 4 is 11.6 Å². The number of hydrogen-bond donors (Lipinski definition) is 2. The number of carbonyl (C=O) groups excluding carboxylic acids is 1. The maximum atomic E-state index is 14.8. The SMILES string of the molecule is CCc1c(C(F)(F)F)cc(C(=O)Nc2cccc(C(NCC3CC3)c3ccccc3F)c2)n1-c1cccc(C#N)c1. The molecule has 5 nitrogen and oxygen atoms in total. The number of halogens is 4. The van der Waals surface area contributed by atoms with Gasteiger partial charge in [-0.05, 0) is 79.8 Å². The van der Waals surface area contributed by atoms with Crippen LogP contribution < -0.4 is 10.6 Å². The molecule has 1 atom stereocenters. The maximum Gasteiger partial charge on any atom is 0.418 e. The number of carbonyl (C=O) groups is 1. The molecule has 210 valence electrons. The highest BCUT2D eigenvalue weighted by Crippen LogP contribution is 2.37. The van der Waals surface area contributed by atoms with Gasteiger partial charge in [-0.15, -0.1) is 0 Å². The number of nitrogens with one attached hydrogen (secondary N) is 2. The van der Waals surface area contributed by atoms with Gasteiger partial charge in [0.1, 0.15) is 11.5 Å². The Balaban J connectivity index is 1.52. The predicted molar refractivity (Wildman–Crippen MR) is 148 cm³/mol. The first kappa shape index (κ1) is 28.1. The van der Waals surface area contributed by atoms with Gasteiger partial charge in [0.2, 0.25) is 0 Å². The second-order valence-corrected chi connectivity index (χ2v) is 10.1. The van der Waals surface area contributed by atoms with Gasteiger partial charge in [0.15, 0.2) is 0 Å². The average molecular weight is 561 g/mol. The Labute approximate surface area is 235 Å². The number of rotatable bonds is 9. The average Bonchev–Trinajstić information content (AvgIpc) is 3.70. The first-order valence-corrected chi connectivity index (χ1v) is 13.4. The summed E-state index contributed by atoms with van der Waals surface area (Å²) in [6, 6.07) is 21.8. The van der Waals surface area contributed by atoms with Crippen molar-refractivity contribution in [2.24, 2.45) is 5.92 Å². The third-order valence-corrected chi connectivity index (χ3v) is 7.21. The third kappa shape index (κ3) is 6.18. The van der Waals surface area contributed by atoms with Crippen molar-refractivity contribution < 1.29 is 22.4 Å². The van der Waals surface area contributed by atoms with E-state index in [9.17, 15) is 27.6 Å². The molecule has 0 saturated heterocycles. The molecule has 0 bridgehead atoms. The maximum absolute atomic E-state index is 14.8. The highest BCUT2D eigenvalue weighted by Gasteiger charge is 2.37. The van der Waals surface area contributed by atoms with E-state index in [0.29, 0.717) is 29.3 Å². The van der Waals surface area contributed by atoms with Crippen molar-refractivity contribution in [2.45, 2.75) is 38.4 Å². The van der Waals surface area contributed by atoms with Gasteiger partial charge in [-0.3, -0.25) is 4.79 Å². The van der Waals surface area contributed by atoms with Crippen LogP contribution in [-0.2, 0) is 12.6 Å². The Morgan fingerprint density at radius 1 is 1.05 bits per heavy atom. The second kappa shape index (κ2) is 11.6. The van der Waals surface area contributed by atoms with E-state index in [0.717, 1.165) is 18.9 Å². The van der Waals surface area contributed by atoms with Crippen LogP contribution in [0.25, 0.3) is 5.69 Å². The number of benzene rings is 3. The number of alkyl halides is 3. The van der Waals surface area contributed by atoms with Gasteiger partial charge in [0, 0.05) is 22.6 Å². The van der Waals surface area contributed by atoms with Crippen LogP contribution in [0, 0.1) is 23.1 Å². The Morgan fingerprint density at radius 2 is 1.80 bits per heavy atom. The summed E-state index contributed by atoms with van der Waals surface area (Å²) in [6.07, 6.45) is -2.45. The van der Waals surface area contributed by atoms with Crippen molar-refractivity contribution in [3.05, 3.63) is 118 Å². The molecule has 1 aromatic heterocycles. The lowest BCUT2D eigenvalue weighted by atomic mass is 9.97. The van der Waals surface area contributed by atoms with Crippen LogP contribution in [0.5, 0.6) is 0 Å². The van der Waals surface area contributed by atoms with E-state index < -0.39 is 23.7 Å². The highest BCUT2D eigenvalue weighted by molar-refractivity contribution is 6.04. The first-order chi connectivity index (χ1) is 19.7. The van der Waals surface area contributed by atoms with Gasteiger partial charge in [-0.25, -0.2) is 4.39 Å². The van der Waals surface area contributed by atoms with E-state index in [1.165, 1.54) is 22.8 Å². The molecule has 1 aliphatic carbocycles. The Kier molecular flexibility index (Phi) is 7.95. The molecule has 5 rings (SSSR count). The lowest BCUT2D eigenvalue weighted by molar-refractivity contribution is -0.138. The topological polar surface area (TPSA) is 69.8 Å². The fourth-order valence-electron chi connectivity index (χ4n) is 5.04. The molecule has 0 radical (unpaired) electrons. The van der Waals surface area contributed by atoms with E-state index in [4.69, 9.17) is 0 Å². The molecule has 3 aromatic carbocycles. The molecule has 1 heterocycles. The van der Waals surface area contributed by atoms with Crippen LogP contribution in [0.4, 0.5) is 23.2 Å². The smallest absolute Gasteiger partial charge is 0.321 e. The standard InChI is InChI=1S/C32H28F4N4O/c1-2-28-26(32(34,35)36)17-29(40(28)24-10-5-7-21(15-24)18-37)31(41)39-23-9-6-8-22(16-23)30(38-19-20-13-14-20)25-11-3-4-12-27(25)33/h3-12,15-17,20,30,38H,2,13-14,19H2,1H3,(H,39,41). The Morgan fingerprint density at radius 3 is 2.49 bits per heavy atom. The molecule has 1 unspecified atom stereocenters. The molecule has 0 spiro atoms. The molecule has 0 aliphatic heterocycles.